The number of carbonyl (C=O) groups is 1. The van der Waals surface area contributed by atoms with Gasteiger partial charge in [0, 0.05) is 11.7 Å². The summed E-state index contributed by atoms with van der Waals surface area (Å²) >= 11 is 0. The molecule has 0 unspecified atom stereocenters. The van der Waals surface area contributed by atoms with Gasteiger partial charge in [0.15, 0.2) is 0 Å². The molecule has 0 spiro atoms. The van der Waals surface area contributed by atoms with Gasteiger partial charge < -0.3 is 16.4 Å². The molecule has 2 amide bonds. The molecule has 0 atom stereocenters. The van der Waals surface area contributed by atoms with Gasteiger partial charge in [-0.05, 0) is 43.9 Å². The van der Waals surface area contributed by atoms with Crippen LogP contribution >= 0.6 is 0 Å². The number of anilines is 2. The topological polar surface area (TPSA) is 67.1 Å². The Balaban J connectivity index is 2.04. The standard InChI is InChI=1S/C14H21N3O/c1-9-7-8-12(15)10(2)13(9)17-14(18)16-11-5-3-4-6-11/h7-8,11H,3-6,15H2,1-2H3,(H2,16,17,18). The average molecular weight is 247 g/mol. The summed E-state index contributed by atoms with van der Waals surface area (Å²) in [6.07, 6.45) is 4.59. The third-order valence-electron chi connectivity index (χ3n) is 3.64. The van der Waals surface area contributed by atoms with Crippen LogP contribution in [-0.4, -0.2) is 12.1 Å². The molecule has 0 radical (unpaired) electrons. The van der Waals surface area contributed by atoms with Crippen molar-refractivity contribution in [2.75, 3.05) is 11.1 Å². The van der Waals surface area contributed by atoms with Gasteiger partial charge in [-0.15, -0.1) is 0 Å². The smallest absolute Gasteiger partial charge is 0.319 e. The summed E-state index contributed by atoms with van der Waals surface area (Å²) in [5.74, 6) is 0. The Kier molecular flexibility index (Phi) is 3.75. The molecule has 1 aromatic carbocycles. The van der Waals surface area contributed by atoms with E-state index in [0.29, 0.717) is 11.7 Å². The second kappa shape index (κ2) is 5.29. The fourth-order valence-corrected chi connectivity index (χ4v) is 2.46. The quantitative estimate of drug-likeness (QED) is 0.703. The maximum absolute atomic E-state index is 11.9. The molecule has 0 bridgehead atoms. The van der Waals surface area contributed by atoms with Gasteiger partial charge in [0.05, 0.1) is 5.69 Å². The van der Waals surface area contributed by atoms with Crippen molar-refractivity contribution in [2.45, 2.75) is 45.6 Å². The summed E-state index contributed by atoms with van der Waals surface area (Å²) in [6.45, 7) is 3.89. The van der Waals surface area contributed by atoms with Crippen LogP contribution in [0, 0.1) is 13.8 Å². The number of nitrogens with two attached hydrogens (primary N) is 1. The molecule has 0 saturated heterocycles. The van der Waals surface area contributed by atoms with Crippen molar-refractivity contribution >= 4 is 17.4 Å². The average Bonchev–Trinajstić information content (AvgIpc) is 2.82. The van der Waals surface area contributed by atoms with Crippen molar-refractivity contribution in [2.24, 2.45) is 0 Å². The predicted octanol–water partition coefficient (Wildman–Crippen LogP) is 2.95. The first kappa shape index (κ1) is 12.7. The minimum atomic E-state index is -0.126. The Hall–Kier alpha value is -1.71. The highest BCUT2D eigenvalue weighted by Gasteiger charge is 2.17. The predicted molar refractivity (Wildman–Crippen MR) is 74.7 cm³/mol. The monoisotopic (exact) mass is 247 g/mol. The SMILES string of the molecule is Cc1ccc(N)c(C)c1NC(=O)NC1CCCC1. The van der Waals surface area contributed by atoms with Gasteiger partial charge in [-0.2, -0.15) is 0 Å². The summed E-state index contributed by atoms with van der Waals surface area (Å²) in [7, 11) is 0. The Morgan fingerprint density at radius 2 is 1.94 bits per heavy atom. The maximum Gasteiger partial charge on any atom is 0.319 e. The van der Waals surface area contributed by atoms with Crippen LogP contribution in [0.15, 0.2) is 12.1 Å². The van der Waals surface area contributed by atoms with Crippen LogP contribution in [0.1, 0.15) is 36.8 Å². The second-order valence-corrected chi connectivity index (χ2v) is 5.05. The molecule has 1 aliphatic carbocycles. The maximum atomic E-state index is 11.9. The highest BCUT2D eigenvalue weighted by atomic mass is 16.2. The van der Waals surface area contributed by atoms with Crippen molar-refractivity contribution in [3.63, 3.8) is 0 Å². The fraction of sp³-hybridized carbons (Fsp3) is 0.500. The first-order valence-corrected chi connectivity index (χ1v) is 6.51. The number of nitrogen functional groups attached to an aromatic ring is 1. The number of urea groups is 1. The summed E-state index contributed by atoms with van der Waals surface area (Å²) in [5.41, 5.74) is 9.35. The molecule has 18 heavy (non-hydrogen) atoms. The number of benzene rings is 1. The Morgan fingerprint density at radius 3 is 2.61 bits per heavy atom. The van der Waals surface area contributed by atoms with Gasteiger partial charge in [0.1, 0.15) is 0 Å². The Morgan fingerprint density at radius 1 is 1.28 bits per heavy atom. The van der Waals surface area contributed by atoms with Crippen molar-refractivity contribution in [3.05, 3.63) is 23.3 Å². The summed E-state index contributed by atoms with van der Waals surface area (Å²) < 4.78 is 0. The lowest BCUT2D eigenvalue weighted by Gasteiger charge is -2.16. The van der Waals surface area contributed by atoms with E-state index < -0.39 is 0 Å². The molecule has 4 N–H and O–H groups in total. The lowest BCUT2D eigenvalue weighted by Crippen LogP contribution is -2.36. The van der Waals surface area contributed by atoms with Gasteiger partial charge in [-0.3, -0.25) is 0 Å². The number of rotatable bonds is 2. The minimum Gasteiger partial charge on any atom is -0.398 e. The van der Waals surface area contributed by atoms with Crippen LogP contribution in [0.4, 0.5) is 16.2 Å². The molecule has 0 aromatic heterocycles. The third kappa shape index (κ3) is 2.75. The van der Waals surface area contributed by atoms with Crippen LogP contribution in [-0.2, 0) is 0 Å². The van der Waals surface area contributed by atoms with E-state index in [-0.39, 0.29) is 6.03 Å². The fourth-order valence-electron chi connectivity index (χ4n) is 2.46. The summed E-state index contributed by atoms with van der Waals surface area (Å²) in [5, 5.41) is 5.93. The molecule has 2 rings (SSSR count). The lowest BCUT2D eigenvalue weighted by atomic mass is 10.1. The molecule has 1 aliphatic rings. The van der Waals surface area contributed by atoms with Gasteiger partial charge in [-0.1, -0.05) is 18.9 Å². The van der Waals surface area contributed by atoms with E-state index in [1.807, 2.05) is 26.0 Å². The number of amides is 2. The first-order chi connectivity index (χ1) is 8.58. The zero-order chi connectivity index (χ0) is 13.1. The van der Waals surface area contributed by atoms with E-state index in [1.54, 1.807) is 0 Å². The molecule has 4 nitrogen and oxygen atoms in total. The molecule has 0 aliphatic heterocycles. The van der Waals surface area contributed by atoms with Crippen molar-refractivity contribution in [3.8, 4) is 0 Å². The van der Waals surface area contributed by atoms with Crippen molar-refractivity contribution < 1.29 is 4.79 Å². The number of hydrogen-bond acceptors (Lipinski definition) is 2. The van der Waals surface area contributed by atoms with E-state index in [4.69, 9.17) is 5.73 Å². The molecule has 1 saturated carbocycles. The van der Waals surface area contributed by atoms with Crippen LogP contribution in [0.2, 0.25) is 0 Å². The van der Waals surface area contributed by atoms with E-state index in [9.17, 15) is 4.79 Å². The molecule has 98 valence electrons. The van der Waals surface area contributed by atoms with Gasteiger partial charge in [0.2, 0.25) is 0 Å². The minimum absolute atomic E-state index is 0.126. The van der Waals surface area contributed by atoms with Gasteiger partial charge >= 0.3 is 6.03 Å². The van der Waals surface area contributed by atoms with E-state index in [1.165, 1.54) is 12.8 Å². The highest BCUT2D eigenvalue weighted by Crippen LogP contribution is 2.25. The zero-order valence-corrected chi connectivity index (χ0v) is 11.0. The lowest BCUT2D eigenvalue weighted by molar-refractivity contribution is 0.248. The number of hydrogen-bond donors (Lipinski definition) is 3. The van der Waals surface area contributed by atoms with Crippen LogP contribution in [0.25, 0.3) is 0 Å². The highest BCUT2D eigenvalue weighted by molar-refractivity contribution is 5.92. The first-order valence-electron chi connectivity index (χ1n) is 6.51. The molecular weight excluding hydrogens is 226 g/mol. The number of aryl methyl sites for hydroxylation is 1. The van der Waals surface area contributed by atoms with Gasteiger partial charge in [0.25, 0.3) is 0 Å². The van der Waals surface area contributed by atoms with Crippen LogP contribution in [0.3, 0.4) is 0 Å². The Bertz CT molecular complexity index is 451. The second-order valence-electron chi connectivity index (χ2n) is 5.05. The molecule has 1 aromatic rings. The molecule has 0 heterocycles. The summed E-state index contributed by atoms with van der Waals surface area (Å²) in [6, 6.07) is 3.99. The van der Waals surface area contributed by atoms with Crippen molar-refractivity contribution in [1.29, 1.82) is 0 Å². The third-order valence-corrected chi connectivity index (χ3v) is 3.64. The molecule has 1 fully saturated rings. The molecular formula is C14H21N3O. The van der Waals surface area contributed by atoms with E-state index >= 15 is 0 Å². The van der Waals surface area contributed by atoms with E-state index in [0.717, 1.165) is 29.7 Å². The largest absolute Gasteiger partial charge is 0.398 e. The van der Waals surface area contributed by atoms with Crippen molar-refractivity contribution in [1.82, 2.24) is 5.32 Å². The van der Waals surface area contributed by atoms with E-state index in [2.05, 4.69) is 10.6 Å². The molecule has 4 heteroatoms. The Labute approximate surface area is 108 Å². The number of carbonyl (C=O) groups excluding carboxylic acids is 1. The summed E-state index contributed by atoms with van der Waals surface area (Å²) in [4.78, 5) is 11.9. The van der Waals surface area contributed by atoms with Gasteiger partial charge in [-0.25, -0.2) is 4.79 Å². The zero-order valence-electron chi connectivity index (χ0n) is 11.0. The van der Waals surface area contributed by atoms with Crippen LogP contribution in [0.5, 0.6) is 0 Å². The number of nitrogens with one attached hydrogen (secondary N) is 2. The normalized spacial score (nSPS) is 15.7. The van der Waals surface area contributed by atoms with Crippen LogP contribution < -0.4 is 16.4 Å².